The zero-order valence-electron chi connectivity index (χ0n) is 9.83. The maximum atomic E-state index is 11.2. The Hall–Kier alpha value is -0.610. The lowest BCUT2D eigenvalue weighted by Crippen LogP contribution is -2.36. The molecule has 0 aliphatic rings. The smallest absolute Gasteiger partial charge is 0.220 e. The number of nitrogens with one attached hydrogen (secondary N) is 1. The Kier molecular flexibility index (Phi) is 8.33. The molecule has 0 aromatic carbocycles. The molecule has 1 atom stereocenters. The first-order valence-electron chi connectivity index (χ1n) is 5.80. The maximum Gasteiger partial charge on any atom is 0.220 e. The molecule has 90 valence electrons. The topological polar surface area (TPSA) is 75.3 Å². The summed E-state index contributed by atoms with van der Waals surface area (Å²) < 4.78 is 0. The van der Waals surface area contributed by atoms with Gasteiger partial charge in [-0.3, -0.25) is 4.79 Å². The molecule has 0 fully saturated rings. The Balaban J connectivity index is 3.68. The van der Waals surface area contributed by atoms with Gasteiger partial charge in [0, 0.05) is 13.0 Å². The highest BCUT2D eigenvalue weighted by atomic mass is 16.3. The summed E-state index contributed by atoms with van der Waals surface area (Å²) in [6.07, 6.45) is 2.60. The Labute approximate surface area is 92.2 Å². The van der Waals surface area contributed by atoms with Crippen molar-refractivity contribution in [3.8, 4) is 0 Å². The first kappa shape index (κ1) is 14.4. The Bertz CT molecular complexity index is 170. The summed E-state index contributed by atoms with van der Waals surface area (Å²) in [5.41, 5.74) is 5.29. The quantitative estimate of drug-likeness (QED) is 0.557. The van der Waals surface area contributed by atoms with Crippen molar-refractivity contribution in [3.63, 3.8) is 0 Å². The lowest BCUT2D eigenvalue weighted by Gasteiger charge is -2.20. The number of carbonyl (C=O) groups excluding carboxylic acids is 1. The maximum absolute atomic E-state index is 11.2. The minimum atomic E-state index is -0.429. The Morgan fingerprint density at radius 1 is 1.40 bits per heavy atom. The van der Waals surface area contributed by atoms with Crippen LogP contribution in [0.15, 0.2) is 0 Å². The molecule has 4 nitrogen and oxygen atoms in total. The monoisotopic (exact) mass is 216 g/mol. The second-order valence-electron chi connectivity index (χ2n) is 3.84. The Morgan fingerprint density at radius 3 is 2.47 bits per heavy atom. The van der Waals surface area contributed by atoms with E-state index in [1.54, 1.807) is 0 Å². The van der Waals surface area contributed by atoms with E-state index in [9.17, 15) is 9.90 Å². The summed E-state index contributed by atoms with van der Waals surface area (Å²) in [4.78, 5) is 11.2. The van der Waals surface area contributed by atoms with Crippen molar-refractivity contribution in [2.45, 2.75) is 45.6 Å². The van der Waals surface area contributed by atoms with Crippen LogP contribution < -0.4 is 11.1 Å². The molecule has 0 saturated heterocycles. The van der Waals surface area contributed by atoms with Crippen LogP contribution in [0.3, 0.4) is 0 Å². The minimum absolute atomic E-state index is 0.0227. The van der Waals surface area contributed by atoms with Crippen LogP contribution in [0.1, 0.15) is 39.5 Å². The first-order valence-corrected chi connectivity index (χ1v) is 5.80. The highest BCUT2D eigenvalue weighted by Gasteiger charge is 2.15. The second-order valence-corrected chi connectivity index (χ2v) is 3.84. The first-order chi connectivity index (χ1) is 7.15. The van der Waals surface area contributed by atoms with E-state index in [1.165, 1.54) is 0 Å². The minimum Gasteiger partial charge on any atom is -0.391 e. The normalized spacial score (nSPS) is 12.9. The van der Waals surface area contributed by atoms with Crippen LogP contribution in [-0.4, -0.2) is 30.2 Å². The van der Waals surface area contributed by atoms with Crippen molar-refractivity contribution in [1.29, 1.82) is 0 Å². The molecule has 0 aromatic heterocycles. The van der Waals surface area contributed by atoms with Gasteiger partial charge in [0.25, 0.3) is 0 Å². The van der Waals surface area contributed by atoms with Gasteiger partial charge >= 0.3 is 0 Å². The third-order valence-electron chi connectivity index (χ3n) is 2.71. The molecule has 0 radical (unpaired) electrons. The van der Waals surface area contributed by atoms with Gasteiger partial charge in [0.05, 0.1) is 6.10 Å². The molecule has 0 heterocycles. The van der Waals surface area contributed by atoms with Crippen LogP contribution in [0, 0.1) is 5.92 Å². The lowest BCUT2D eigenvalue weighted by molar-refractivity contribution is -0.121. The summed E-state index contributed by atoms with van der Waals surface area (Å²) in [7, 11) is 0. The van der Waals surface area contributed by atoms with Crippen LogP contribution in [0.5, 0.6) is 0 Å². The number of hydrogen-bond acceptors (Lipinski definition) is 3. The zero-order valence-corrected chi connectivity index (χ0v) is 9.83. The summed E-state index contributed by atoms with van der Waals surface area (Å²) in [5.74, 6) is 0.255. The van der Waals surface area contributed by atoms with E-state index < -0.39 is 6.10 Å². The number of amides is 1. The van der Waals surface area contributed by atoms with Crippen LogP contribution in [0.2, 0.25) is 0 Å². The van der Waals surface area contributed by atoms with E-state index in [4.69, 9.17) is 5.73 Å². The van der Waals surface area contributed by atoms with Gasteiger partial charge < -0.3 is 16.2 Å². The van der Waals surface area contributed by atoms with Gasteiger partial charge in [0.15, 0.2) is 0 Å². The molecule has 1 amide bonds. The highest BCUT2D eigenvalue weighted by molar-refractivity contribution is 5.75. The van der Waals surface area contributed by atoms with Gasteiger partial charge in [0.1, 0.15) is 0 Å². The molecule has 4 N–H and O–H groups in total. The standard InChI is InChI=1S/C11H24N2O2/c1-3-9(4-2)10(14)8-13-11(15)6-5-7-12/h9-10,14H,3-8,12H2,1-2H3,(H,13,15). The SMILES string of the molecule is CCC(CC)C(O)CNC(=O)CCCN. The second kappa shape index (κ2) is 8.68. The van der Waals surface area contributed by atoms with E-state index in [0.29, 0.717) is 25.9 Å². The van der Waals surface area contributed by atoms with E-state index in [2.05, 4.69) is 5.32 Å². The number of hydrogen-bond donors (Lipinski definition) is 3. The van der Waals surface area contributed by atoms with E-state index >= 15 is 0 Å². The van der Waals surface area contributed by atoms with Gasteiger partial charge in [-0.1, -0.05) is 26.7 Å². The molecule has 0 saturated carbocycles. The molecule has 0 aliphatic carbocycles. The third-order valence-corrected chi connectivity index (χ3v) is 2.71. The van der Waals surface area contributed by atoms with Crippen molar-refractivity contribution in [1.82, 2.24) is 5.32 Å². The molecular formula is C11H24N2O2. The van der Waals surface area contributed by atoms with Crippen molar-refractivity contribution in [2.75, 3.05) is 13.1 Å². The van der Waals surface area contributed by atoms with Gasteiger partial charge in [-0.15, -0.1) is 0 Å². The average Bonchev–Trinajstić information content (AvgIpc) is 2.25. The third kappa shape index (κ3) is 6.47. The molecule has 4 heteroatoms. The van der Waals surface area contributed by atoms with Crippen molar-refractivity contribution < 1.29 is 9.90 Å². The summed E-state index contributed by atoms with van der Waals surface area (Å²) in [6, 6.07) is 0. The largest absolute Gasteiger partial charge is 0.391 e. The van der Waals surface area contributed by atoms with Crippen LogP contribution in [0.25, 0.3) is 0 Å². The molecule has 0 spiro atoms. The fraction of sp³-hybridized carbons (Fsp3) is 0.909. The predicted molar refractivity (Wildman–Crippen MR) is 61.4 cm³/mol. The number of rotatable bonds is 8. The van der Waals surface area contributed by atoms with Gasteiger partial charge in [-0.05, 0) is 18.9 Å². The summed E-state index contributed by atoms with van der Waals surface area (Å²) >= 11 is 0. The fourth-order valence-electron chi connectivity index (χ4n) is 1.57. The van der Waals surface area contributed by atoms with Crippen molar-refractivity contribution in [3.05, 3.63) is 0 Å². The van der Waals surface area contributed by atoms with Gasteiger partial charge in [-0.25, -0.2) is 0 Å². The summed E-state index contributed by atoms with van der Waals surface area (Å²) in [6.45, 7) is 4.99. The van der Waals surface area contributed by atoms with E-state index in [-0.39, 0.29) is 11.8 Å². The Morgan fingerprint density at radius 2 is 2.00 bits per heavy atom. The predicted octanol–water partition coefficient (Wildman–Crippen LogP) is 0.639. The zero-order chi connectivity index (χ0) is 11.7. The van der Waals surface area contributed by atoms with Gasteiger partial charge in [-0.2, -0.15) is 0 Å². The molecule has 15 heavy (non-hydrogen) atoms. The van der Waals surface area contributed by atoms with E-state index in [0.717, 1.165) is 12.8 Å². The number of carbonyl (C=O) groups is 1. The lowest BCUT2D eigenvalue weighted by atomic mass is 9.96. The molecule has 0 aromatic rings. The number of aliphatic hydroxyl groups is 1. The molecule has 1 unspecified atom stereocenters. The van der Waals surface area contributed by atoms with Crippen molar-refractivity contribution >= 4 is 5.91 Å². The van der Waals surface area contributed by atoms with Crippen molar-refractivity contribution in [2.24, 2.45) is 11.7 Å². The average molecular weight is 216 g/mol. The molecule has 0 aliphatic heterocycles. The molecule has 0 rings (SSSR count). The number of nitrogens with two attached hydrogens (primary N) is 1. The van der Waals surface area contributed by atoms with Crippen LogP contribution >= 0.6 is 0 Å². The molecule has 0 bridgehead atoms. The van der Waals surface area contributed by atoms with Crippen LogP contribution in [0.4, 0.5) is 0 Å². The molecular weight excluding hydrogens is 192 g/mol. The number of aliphatic hydroxyl groups excluding tert-OH is 1. The van der Waals surface area contributed by atoms with Gasteiger partial charge in [0.2, 0.25) is 5.91 Å². The highest BCUT2D eigenvalue weighted by Crippen LogP contribution is 2.12. The summed E-state index contributed by atoms with van der Waals surface area (Å²) in [5, 5.41) is 12.5. The fourth-order valence-corrected chi connectivity index (χ4v) is 1.57. The van der Waals surface area contributed by atoms with E-state index in [1.807, 2.05) is 13.8 Å². The van der Waals surface area contributed by atoms with Crippen LogP contribution in [-0.2, 0) is 4.79 Å².